The lowest BCUT2D eigenvalue weighted by molar-refractivity contribution is -0.139. The molecule has 3 aliphatic heterocycles. The number of carbonyl (C=O) groups excluding carboxylic acids is 4. The van der Waals surface area contributed by atoms with Crippen LogP contribution in [0.3, 0.4) is 0 Å². The van der Waals surface area contributed by atoms with Gasteiger partial charge in [-0.2, -0.15) is 0 Å². The minimum absolute atomic E-state index is 0.00701. The predicted molar refractivity (Wildman–Crippen MR) is 213 cm³/mol. The molecule has 1 unspecified atom stereocenters. The molecule has 4 amide bonds. The van der Waals surface area contributed by atoms with Gasteiger partial charge in [0.2, 0.25) is 23.6 Å². The van der Waals surface area contributed by atoms with Gasteiger partial charge in [-0.15, -0.1) is 34.0 Å². The lowest BCUT2D eigenvalue weighted by Gasteiger charge is -2.31. The van der Waals surface area contributed by atoms with Gasteiger partial charge >= 0.3 is 0 Å². The fraction of sp³-hybridized carbons (Fsp3) is 0.500. The van der Waals surface area contributed by atoms with Crippen molar-refractivity contribution in [2.24, 2.45) is 16.8 Å². The van der Waals surface area contributed by atoms with Crippen LogP contribution in [0, 0.1) is 11.8 Å². The Labute approximate surface area is 326 Å². The Kier molecular flexibility index (Phi) is 11.2. The minimum atomic E-state index is -0.723. The van der Waals surface area contributed by atoms with Gasteiger partial charge in [0, 0.05) is 63.7 Å². The number of aromatic amines is 1. The van der Waals surface area contributed by atoms with Crippen molar-refractivity contribution in [3.8, 4) is 20.5 Å². The third kappa shape index (κ3) is 7.66. The van der Waals surface area contributed by atoms with E-state index >= 15 is 0 Å². The van der Waals surface area contributed by atoms with Crippen LogP contribution in [-0.4, -0.2) is 97.0 Å². The molecule has 2 saturated heterocycles. The number of thiazole rings is 1. The van der Waals surface area contributed by atoms with Crippen molar-refractivity contribution < 1.29 is 24.3 Å². The Balaban J connectivity index is 1.000. The van der Waals surface area contributed by atoms with Gasteiger partial charge < -0.3 is 30.5 Å². The molecule has 3 aliphatic rings. The van der Waals surface area contributed by atoms with E-state index in [9.17, 15) is 24.3 Å². The smallest absolute Gasteiger partial charge is 0.246 e. The number of nitrogens with one attached hydrogen (secondary N) is 3. The van der Waals surface area contributed by atoms with Crippen LogP contribution in [0.25, 0.3) is 35.4 Å². The van der Waals surface area contributed by atoms with E-state index in [0.29, 0.717) is 25.3 Å². The zero-order valence-electron chi connectivity index (χ0n) is 31.0. The molecule has 4 N–H and O–H groups in total. The van der Waals surface area contributed by atoms with Crippen LogP contribution in [0.4, 0.5) is 0 Å². The van der Waals surface area contributed by atoms with Crippen LogP contribution in [0.1, 0.15) is 83.5 Å². The first kappa shape index (κ1) is 38.0. The molecule has 4 atom stereocenters. The fourth-order valence-electron chi connectivity index (χ4n) is 7.56. The first-order chi connectivity index (χ1) is 25.9. The van der Waals surface area contributed by atoms with Crippen LogP contribution in [0.2, 0.25) is 0 Å². The minimum Gasteiger partial charge on any atom is -0.387 e. The summed E-state index contributed by atoms with van der Waals surface area (Å²) in [6.45, 7) is 9.70. The van der Waals surface area contributed by atoms with Gasteiger partial charge in [-0.3, -0.25) is 24.2 Å². The number of aliphatic imine (C=N–C) groups is 1. The summed E-state index contributed by atoms with van der Waals surface area (Å²) in [6.07, 6.45) is 9.70. The van der Waals surface area contributed by atoms with E-state index < -0.39 is 24.6 Å². The number of H-pyrrole nitrogens is 1. The molecule has 286 valence electrons. The van der Waals surface area contributed by atoms with E-state index in [0.717, 1.165) is 57.4 Å². The van der Waals surface area contributed by atoms with Gasteiger partial charge in [0.1, 0.15) is 29.5 Å². The summed E-state index contributed by atoms with van der Waals surface area (Å²) < 4.78 is 2.40. The Morgan fingerprint density at radius 1 is 0.852 bits per heavy atom. The Bertz CT molecular complexity index is 2090. The number of rotatable bonds is 12. The van der Waals surface area contributed by atoms with Crippen molar-refractivity contribution in [2.45, 2.75) is 90.9 Å². The zero-order chi connectivity index (χ0) is 38.3. The highest BCUT2D eigenvalue weighted by molar-refractivity contribution is 7.31. The first-order valence-corrected chi connectivity index (χ1v) is 21.0. The number of aromatic nitrogens is 3. The maximum absolute atomic E-state index is 13.5. The molecule has 0 aromatic carbocycles. The maximum Gasteiger partial charge on any atom is 0.246 e. The van der Waals surface area contributed by atoms with Crippen molar-refractivity contribution in [3.05, 3.63) is 41.4 Å². The van der Waals surface area contributed by atoms with E-state index in [4.69, 9.17) is 9.98 Å². The average molecular weight is 791 g/mol. The van der Waals surface area contributed by atoms with E-state index in [-0.39, 0.29) is 41.6 Å². The van der Waals surface area contributed by atoms with Gasteiger partial charge in [-0.25, -0.2) is 9.97 Å². The molecule has 0 radical (unpaired) electrons. The number of likely N-dealkylation sites (tertiary alicyclic amines) is 2. The molecule has 4 aromatic rings. The molecule has 2 fully saturated rings. The number of hydrogen-bond acceptors (Lipinski definition) is 11. The molecule has 7 heterocycles. The van der Waals surface area contributed by atoms with E-state index in [1.54, 1.807) is 45.1 Å². The number of allylic oxidation sites excluding steroid dienone is 1. The highest BCUT2D eigenvalue weighted by Crippen LogP contribution is 2.44. The monoisotopic (exact) mass is 790 g/mol. The largest absolute Gasteiger partial charge is 0.387 e. The Hall–Kier alpha value is -4.25. The summed E-state index contributed by atoms with van der Waals surface area (Å²) in [5.74, 6) is -0.418. The number of nitrogens with zero attached hydrogens (tertiary/aromatic N) is 5. The summed E-state index contributed by atoms with van der Waals surface area (Å²) in [6, 6.07) is 2.90. The van der Waals surface area contributed by atoms with Crippen molar-refractivity contribution in [2.75, 3.05) is 19.7 Å². The summed E-state index contributed by atoms with van der Waals surface area (Å²) >= 11 is 5.07. The number of hydrogen-bond donors (Lipinski definition) is 4. The topological polar surface area (TPSA) is 173 Å². The molecule has 0 aliphatic carbocycles. The number of amides is 4. The normalized spacial score (nSPS) is 19.9. The molecule has 13 nitrogen and oxygen atoms in total. The second-order valence-corrected chi connectivity index (χ2v) is 18.1. The molecule has 7 rings (SSSR count). The van der Waals surface area contributed by atoms with Crippen molar-refractivity contribution in [1.82, 2.24) is 35.4 Å². The summed E-state index contributed by atoms with van der Waals surface area (Å²) in [7, 11) is 0. The highest BCUT2D eigenvalue weighted by Gasteiger charge is 2.39. The Morgan fingerprint density at radius 3 is 2.15 bits per heavy atom. The van der Waals surface area contributed by atoms with Crippen LogP contribution in [-0.2, 0) is 19.2 Å². The predicted octanol–water partition coefficient (Wildman–Crippen LogP) is 5.61. The number of carbonyl (C=O) groups is 4. The van der Waals surface area contributed by atoms with Gasteiger partial charge in [-0.05, 0) is 55.2 Å². The molecule has 4 aromatic heterocycles. The Morgan fingerprint density at radius 2 is 1.48 bits per heavy atom. The van der Waals surface area contributed by atoms with Gasteiger partial charge in [-0.1, -0.05) is 27.7 Å². The van der Waals surface area contributed by atoms with Crippen LogP contribution in [0.15, 0.2) is 35.7 Å². The molecule has 54 heavy (non-hydrogen) atoms. The SMILES string of the molecule is CC(=O)N[C@H](C(=O)N1CCCC1C1=NC=C(c2cc3sc(-c4cnc(-c5cnc([C@@H]6CCCN6C(=O)[C@@H](NC(=O)CO)C(C)C)[nH]5)s4)cc3s2)C1)C(C)C. The molecule has 0 spiro atoms. The molecular weight excluding hydrogens is 745 g/mol. The second-order valence-electron chi connectivity index (χ2n) is 14.9. The van der Waals surface area contributed by atoms with Gasteiger partial charge in [0.05, 0.1) is 28.9 Å². The van der Waals surface area contributed by atoms with Crippen molar-refractivity contribution >= 4 is 78.3 Å². The first-order valence-electron chi connectivity index (χ1n) is 18.5. The quantitative estimate of drug-likeness (QED) is 0.144. The lowest BCUT2D eigenvalue weighted by Crippen LogP contribution is -2.53. The zero-order valence-corrected chi connectivity index (χ0v) is 33.5. The van der Waals surface area contributed by atoms with Gasteiger partial charge in [0.25, 0.3) is 0 Å². The summed E-state index contributed by atoms with van der Waals surface area (Å²) in [4.78, 5) is 75.5. The van der Waals surface area contributed by atoms with Crippen LogP contribution in [0.5, 0.6) is 0 Å². The highest BCUT2D eigenvalue weighted by atomic mass is 32.1. The number of aliphatic hydroxyl groups is 1. The number of fused-ring (bicyclic) bond motifs is 1. The lowest BCUT2D eigenvalue weighted by atomic mass is 9.99. The van der Waals surface area contributed by atoms with Crippen LogP contribution >= 0.6 is 34.0 Å². The summed E-state index contributed by atoms with van der Waals surface area (Å²) in [5.41, 5.74) is 2.96. The number of aliphatic hydroxyl groups excluding tert-OH is 1. The third-order valence-electron chi connectivity index (χ3n) is 10.3. The molecule has 0 bridgehead atoms. The summed E-state index contributed by atoms with van der Waals surface area (Å²) in [5, 5.41) is 15.6. The molecular formula is C38H46N8O5S3. The maximum atomic E-state index is 13.5. The van der Waals surface area contributed by atoms with E-state index in [2.05, 4.69) is 32.7 Å². The number of imidazole rings is 1. The molecule has 0 saturated carbocycles. The van der Waals surface area contributed by atoms with Crippen molar-refractivity contribution in [1.29, 1.82) is 0 Å². The van der Waals surface area contributed by atoms with E-state index in [1.165, 1.54) is 21.2 Å². The van der Waals surface area contributed by atoms with Crippen LogP contribution < -0.4 is 10.6 Å². The van der Waals surface area contributed by atoms with Crippen molar-refractivity contribution in [3.63, 3.8) is 0 Å². The van der Waals surface area contributed by atoms with E-state index in [1.807, 2.05) is 45.0 Å². The molecule has 16 heteroatoms. The second kappa shape index (κ2) is 15.8. The van der Waals surface area contributed by atoms with Gasteiger partial charge in [0.15, 0.2) is 0 Å². The third-order valence-corrected chi connectivity index (χ3v) is 13.9. The fourth-order valence-corrected chi connectivity index (χ4v) is 10.9. The standard InChI is InChI=1S/C38H46N8O5S3/c1-19(2)33(42-21(5)48)37(50)45-10-6-8-25(45)23-12-22(15-39-23)27-13-28-29(52-27)14-30(53-28)31-17-41-36(54-31)24-16-40-35(43-24)26-9-7-11-46(26)38(51)34(20(3)4)44-32(49)18-47/h13-17,19-20,25-26,33-34,47H,6-12,18H2,1-5H3,(H,40,43)(H,42,48)(H,44,49)/t25?,26-,33-,34-/m0/s1. The number of thiophene rings is 2. The average Bonchev–Trinajstić information content (AvgIpc) is 3.98.